The Morgan fingerprint density at radius 1 is 1.07 bits per heavy atom. The van der Waals surface area contributed by atoms with Gasteiger partial charge in [-0.15, -0.1) is 0 Å². The van der Waals surface area contributed by atoms with Crippen molar-refractivity contribution in [3.63, 3.8) is 0 Å². The third kappa shape index (κ3) is 3.23. The van der Waals surface area contributed by atoms with E-state index in [0.717, 1.165) is 42.3 Å². The van der Waals surface area contributed by atoms with Gasteiger partial charge < -0.3 is 9.51 Å². The molecule has 1 N–H and O–H groups in total. The van der Waals surface area contributed by atoms with Gasteiger partial charge in [0.25, 0.3) is 0 Å². The van der Waals surface area contributed by atoms with Crippen LogP contribution in [0.25, 0.3) is 5.52 Å². The fraction of sp³-hybridized carbons (Fsp3) is 0.435. The molecule has 3 nitrogen and oxygen atoms in total. The molecule has 2 aliphatic rings. The first-order valence-electron chi connectivity index (χ1n) is 10.2. The molecule has 28 heavy (non-hydrogen) atoms. The van der Waals surface area contributed by atoms with Crippen molar-refractivity contribution >= 4 is 17.1 Å². The quantitative estimate of drug-likeness (QED) is 0.584. The summed E-state index contributed by atoms with van der Waals surface area (Å²) in [6.07, 6.45) is 11.6. The van der Waals surface area contributed by atoms with Crippen LogP contribution < -0.4 is 0 Å². The molecule has 5 rings (SSSR count). The zero-order valence-electron chi connectivity index (χ0n) is 15.7. The van der Waals surface area contributed by atoms with E-state index in [1.54, 1.807) is 12.4 Å². The van der Waals surface area contributed by atoms with Crippen molar-refractivity contribution in [2.45, 2.75) is 56.5 Å². The molecule has 3 aromatic rings. The van der Waals surface area contributed by atoms with Crippen LogP contribution in [0.15, 0.2) is 43.0 Å². The molecule has 1 atom stereocenters. The summed E-state index contributed by atoms with van der Waals surface area (Å²) in [7, 11) is 0. The summed E-state index contributed by atoms with van der Waals surface area (Å²) in [4.78, 5) is 4.29. The Morgan fingerprint density at radius 3 is 2.54 bits per heavy atom. The number of hydrogen-bond donors (Lipinski definition) is 1. The molecule has 0 spiro atoms. The van der Waals surface area contributed by atoms with Gasteiger partial charge in [0.05, 0.1) is 29.2 Å². The lowest BCUT2D eigenvalue weighted by molar-refractivity contribution is 0.0810. The number of fused-ring (bicyclic) bond motifs is 1. The third-order valence-corrected chi connectivity index (χ3v) is 6.90. The molecule has 1 unspecified atom stereocenters. The molecule has 1 aromatic carbocycles. The third-order valence-electron chi connectivity index (χ3n) is 6.61. The second-order valence-electron chi connectivity index (χ2n) is 8.38. The Bertz CT molecular complexity index is 1010. The molecule has 0 aliphatic heterocycles. The maximum atomic E-state index is 13.5. The van der Waals surface area contributed by atoms with E-state index in [4.69, 9.17) is 11.6 Å². The standard InChI is InChI=1S/C23H24ClFN2O/c24-19-11-17(7-8-20(19)25)14-1-5-16(6-2-14)23(28)22-18(15-3-4-15)9-10-27-13-26-12-21(22)27/h7-16,23,28H,1-6H2. The van der Waals surface area contributed by atoms with Crippen molar-refractivity contribution < 1.29 is 9.50 Å². The number of aromatic nitrogens is 2. The van der Waals surface area contributed by atoms with Crippen LogP contribution >= 0.6 is 11.6 Å². The van der Waals surface area contributed by atoms with Gasteiger partial charge in [-0.05, 0) is 85.6 Å². The maximum absolute atomic E-state index is 13.5. The molecule has 146 valence electrons. The first kappa shape index (κ1) is 18.1. The predicted octanol–water partition coefficient (Wildman–Crippen LogP) is 6.01. The Labute approximate surface area is 169 Å². The highest BCUT2D eigenvalue weighted by molar-refractivity contribution is 6.30. The molecule has 0 bridgehead atoms. The van der Waals surface area contributed by atoms with Crippen molar-refractivity contribution in [3.8, 4) is 0 Å². The lowest BCUT2D eigenvalue weighted by Gasteiger charge is -2.33. The number of aliphatic hydroxyl groups excluding tert-OH is 1. The van der Waals surface area contributed by atoms with Gasteiger partial charge in [0, 0.05) is 11.8 Å². The zero-order chi connectivity index (χ0) is 19.3. The Hall–Kier alpha value is -1.91. The van der Waals surface area contributed by atoms with Gasteiger partial charge in [-0.3, -0.25) is 0 Å². The number of aliphatic hydroxyl groups is 1. The number of rotatable bonds is 4. The predicted molar refractivity (Wildman–Crippen MR) is 108 cm³/mol. The topological polar surface area (TPSA) is 37.5 Å². The fourth-order valence-electron chi connectivity index (χ4n) is 4.87. The second kappa shape index (κ2) is 7.16. The fourth-order valence-corrected chi connectivity index (χ4v) is 5.06. The van der Waals surface area contributed by atoms with Crippen LogP contribution in [0.5, 0.6) is 0 Å². The van der Waals surface area contributed by atoms with Gasteiger partial charge in [-0.1, -0.05) is 17.7 Å². The molecule has 2 saturated carbocycles. The summed E-state index contributed by atoms with van der Waals surface area (Å²) in [5, 5.41) is 11.5. The van der Waals surface area contributed by atoms with Crippen LogP contribution in [0.2, 0.25) is 5.02 Å². The van der Waals surface area contributed by atoms with E-state index in [1.165, 1.54) is 24.5 Å². The van der Waals surface area contributed by atoms with Gasteiger partial charge in [0.2, 0.25) is 0 Å². The van der Waals surface area contributed by atoms with E-state index >= 15 is 0 Å². The van der Waals surface area contributed by atoms with E-state index in [2.05, 4.69) is 17.2 Å². The Balaban J connectivity index is 1.37. The van der Waals surface area contributed by atoms with Crippen molar-refractivity contribution in [3.05, 3.63) is 70.5 Å². The average molecular weight is 399 g/mol. The molecule has 0 saturated heterocycles. The highest BCUT2D eigenvalue weighted by Crippen LogP contribution is 2.48. The summed E-state index contributed by atoms with van der Waals surface area (Å²) in [6, 6.07) is 7.23. The molecule has 2 aliphatic carbocycles. The van der Waals surface area contributed by atoms with Crippen LogP contribution in [0.3, 0.4) is 0 Å². The highest BCUT2D eigenvalue weighted by atomic mass is 35.5. The summed E-state index contributed by atoms with van der Waals surface area (Å²) < 4.78 is 15.5. The number of hydrogen-bond acceptors (Lipinski definition) is 2. The van der Waals surface area contributed by atoms with Crippen LogP contribution in [0.1, 0.15) is 73.2 Å². The smallest absolute Gasteiger partial charge is 0.141 e. The number of pyridine rings is 1. The number of halogens is 2. The van der Waals surface area contributed by atoms with Gasteiger partial charge in [0.1, 0.15) is 5.82 Å². The molecule has 2 heterocycles. The van der Waals surface area contributed by atoms with Gasteiger partial charge >= 0.3 is 0 Å². The molecule has 0 radical (unpaired) electrons. The van der Waals surface area contributed by atoms with E-state index < -0.39 is 6.10 Å². The van der Waals surface area contributed by atoms with Gasteiger partial charge in [-0.2, -0.15) is 0 Å². The van der Waals surface area contributed by atoms with E-state index in [1.807, 2.05) is 16.7 Å². The maximum Gasteiger partial charge on any atom is 0.141 e. The monoisotopic (exact) mass is 398 g/mol. The molecular weight excluding hydrogens is 375 g/mol. The first-order chi connectivity index (χ1) is 13.6. The second-order valence-corrected chi connectivity index (χ2v) is 8.78. The molecule has 5 heteroatoms. The van der Waals surface area contributed by atoms with Crippen LogP contribution in [0.4, 0.5) is 4.39 Å². The Morgan fingerprint density at radius 2 is 1.82 bits per heavy atom. The SMILES string of the molecule is OC(c1c(C2CC2)ccn2cncc12)C1CCC(c2ccc(F)c(Cl)c2)CC1. The van der Waals surface area contributed by atoms with Crippen molar-refractivity contribution in [2.24, 2.45) is 5.92 Å². The summed E-state index contributed by atoms with van der Waals surface area (Å²) >= 11 is 5.97. The summed E-state index contributed by atoms with van der Waals surface area (Å²) in [6.45, 7) is 0. The minimum Gasteiger partial charge on any atom is -0.388 e. The van der Waals surface area contributed by atoms with E-state index in [-0.39, 0.29) is 16.8 Å². The zero-order valence-corrected chi connectivity index (χ0v) is 16.4. The number of nitrogens with zero attached hydrogens (tertiary/aromatic N) is 2. The normalized spacial score (nSPS) is 23.8. The average Bonchev–Trinajstić information content (AvgIpc) is 3.45. The van der Waals surface area contributed by atoms with Crippen molar-refractivity contribution in [1.82, 2.24) is 9.38 Å². The molecule has 0 amide bonds. The minimum atomic E-state index is -0.464. The minimum absolute atomic E-state index is 0.196. The van der Waals surface area contributed by atoms with Crippen LogP contribution in [0, 0.1) is 11.7 Å². The van der Waals surface area contributed by atoms with Crippen molar-refractivity contribution in [2.75, 3.05) is 0 Å². The lowest BCUT2D eigenvalue weighted by atomic mass is 9.75. The van der Waals surface area contributed by atoms with Gasteiger partial charge in [0.15, 0.2) is 0 Å². The highest BCUT2D eigenvalue weighted by Gasteiger charge is 2.34. The van der Waals surface area contributed by atoms with Gasteiger partial charge in [-0.25, -0.2) is 9.37 Å². The number of benzene rings is 1. The van der Waals surface area contributed by atoms with Crippen LogP contribution in [-0.2, 0) is 0 Å². The summed E-state index contributed by atoms with van der Waals surface area (Å²) in [5.41, 5.74) is 4.52. The number of imidazole rings is 1. The summed E-state index contributed by atoms with van der Waals surface area (Å²) in [5.74, 6) is 0.847. The molecular formula is C23H24ClFN2O. The lowest BCUT2D eigenvalue weighted by Crippen LogP contribution is -2.21. The van der Waals surface area contributed by atoms with E-state index in [0.29, 0.717) is 11.8 Å². The van der Waals surface area contributed by atoms with Crippen molar-refractivity contribution in [1.29, 1.82) is 0 Å². The molecule has 2 aromatic heterocycles. The largest absolute Gasteiger partial charge is 0.388 e. The molecule has 2 fully saturated rings. The Kier molecular flexibility index (Phi) is 4.64. The first-order valence-corrected chi connectivity index (χ1v) is 10.6. The van der Waals surface area contributed by atoms with E-state index in [9.17, 15) is 9.50 Å². The van der Waals surface area contributed by atoms with Crippen LogP contribution in [-0.4, -0.2) is 14.5 Å².